The number of hydrogen-bond donors (Lipinski definition) is 1. The van der Waals surface area contributed by atoms with Gasteiger partial charge in [-0.15, -0.1) is 5.10 Å². The molecule has 2 aromatic carbocycles. The van der Waals surface area contributed by atoms with Gasteiger partial charge in [-0.1, -0.05) is 42.5 Å². The SMILES string of the molecule is O=S(=O)(Nn1nc(C(F)(F)F)cc1-c1ccc(-c2ccco2)cc1)c1ccccc1. The van der Waals surface area contributed by atoms with E-state index >= 15 is 0 Å². The van der Waals surface area contributed by atoms with Gasteiger partial charge in [-0.25, -0.2) is 0 Å². The lowest BCUT2D eigenvalue weighted by atomic mass is 10.1. The van der Waals surface area contributed by atoms with Crippen molar-refractivity contribution in [1.82, 2.24) is 9.89 Å². The minimum absolute atomic E-state index is 0.0622. The maximum absolute atomic E-state index is 13.2. The first-order valence-electron chi connectivity index (χ1n) is 8.63. The second kappa shape index (κ2) is 7.38. The van der Waals surface area contributed by atoms with Crippen molar-refractivity contribution in [3.8, 4) is 22.6 Å². The van der Waals surface area contributed by atoms with E-state index in [0.29, 0.717) is 16.1 Å². The van der Waals surface area contributed by atoms with Gasteiger partial charge in [0.15, 0.2) is 5.69 Å². The number of benzene rings is 2. The molecule has 6 nitrogen and oxygen atoms in total. The van der Waals surface area contributed by atoms with Crippen molar-refractivity contribution in [3.05, 3.63) is 84.8 Å². The second-order valence-electron chi connectivity index (χ2n) is 6.29. The van der Waals surface area contributed by atoms with Crippen molar-refractivity contribution in [2.24, 2.45) is 0 Å². The summed E-state index contributed by atoms with van der Waals surface area (Å²) in [5.41, 5.74) is -0.226. The molecular weight excluding hydrogens is 419 g/mol. The average Bonchev–Trinajstić information content (AvgIpc) is 3.38. The molecule has 0 aliphatic carbocycles. The summed E-state index contributed by atoms with van der Waals surface area (Å²) in [7, 11) is -4.15. The normalized spacial score (nSPS) is 12.1. The van der Waals surface area contributed by atoms with Gasteiger partial charge in [-0.3, -0.25) is 0 Å². The van der Waals surface area contributed by atoms with Crippen molar-refractivity contribution >= 4 is 10.0 Å². The van der Waals surface area contributed by atoms with Crippen LogP contribution in [-0.2, 0) is 16.2 Å². The molecule has 0 saturated heterocycles. The molecule has 4 aromatic rings. The fourth-order valence-corrected chi connectivity index (χ4v) is 3.80. The Morgan fingerprint density at radius 2 is 1.57 bits per heavy atom. The number of nitrogens with zero attached hydrogens (tertiary/aromatic N) is 2. The Balaban J connectivity index is 1.75. The van der Waals surface area contributed by atoms with E-state index in [9.17, 15) is 21.6 Å². The molecule has 0 atom stereocenters. The molecule has 4 rings (SSSR count). The molecule has 0 aliphatic rings. The first-order chi connectivity index (χ1) is 14.2. The van der Waals surface area contributed by atoms with Crippen LogP contribution in [0.3, 0.4) is 0 Å². The van der Waals surface area contributed by atoms with Crippen molar-refractivity contribution in [1.29, 1.82) is 0 Å². The molecule has 0 spiro atoms. The lowest BCUT2D eigenvalue weighted by molar-refractivity contribution is -0.141. The highest BCUT2D eigenvalue weighted by atomic mass is 32.2. The van der Waals surface area contributed by atoms with Gasteiger partial charge in [-0.2, -0.15) is 31.2 Å². The highest BCUT2D eigenvalue weighted by molar-refractivity contribution is 7.92. The quantitative estimate of drug-likeness (QED) is 0.492. The van der Waals surface area contributed by atoms with Crippen molar-refractivity contribution in [2.75, 3.05) is 4.83 Å². The van der Waals surface area contributed by atoms with Crippen LogP contribution >= 0.6 is 0 Å². The Labute approximate surface area is 169 Å². The number of hydrogen-bond acceptors (Lipinski definition) is 4. The molecule has 2 heterocycles. The highest BCUT2D eigenvalue weighted by Gasteiger charge is 2.35. The van der Waals surface area contributed by atoms with Crippen LogP contribution in [0.2, 0.25) is 0 Å². The number of rotatable bonds is 5. The van der Waals surface area contributed by atoms with E-state index in [-0.39, 0.29) is 10.6 Å². The van der Waals surface area contributed by atoms with Gasteiger partial charge in [0.2, 0.25) is 0 Å². The molecule has 0 saturated carbocycles. The Kier molecular flexibility index (Phi) is 4.86. The van der Waals surface area contributed by atoms with Crippen LogP contribution in [0.4, 0.5) is 13.2 Å². The smallest absolute Gasteiger partial charge is 0.435 e. The molecule has 10 heteroatoms. The van der Waals surface area contributed by atoms with Crippen LogP contribution in [0.5, 0.6) is 0 Å². The third-order valence-electron chi connectivity index (χ3n) is 4.25. The Morgan fingerprint density at radius 1 is 0.900 bits per heavy atom. The van der Waals surface area contributed by atoms with Crippen molar-refractivity contribution in [2.45, 2.75) is 11.1 Å². The number of furan rings is 1. The van der Waals surface area contributed by atoms with E-state index in [2.05, 4.69) is 9.93 Å². The number of aromatic nitrogens is 2. The predicted molar refractivity (Wildman–Crippen MR) is 103 cm³/mol. The predicted octanol–water partition coefficient (Wildman–Crippen LogP) is 4.76. The maximum Gasteiger partial charge on any atom is 0.435 e. The average molecular weight is 433 g/mol. The molecule has 0 fully saturated rings. The number of halogens is 3. The maximum atomic E-state index is 13.2. The zero-order valence-electron chi connectivity index (χ0n) is 15.2. The first kappa shape index (κ1) is 19.8. The van der Waals surface area contributed by atoms with Crippen LogP contribution < -0.4 is 4.83 Å². The summed E-state index contributed by atoms with van der Waals surface area (Å²) in [4.78, 5) is 2.61. The van der Waals surface area contributed by atoms with Crippen LogP contribution in [0, 0.1) is 0 Å². The van der Waals surface area contributed by atoms with Gasteiger partial charge < -0.3 is 4.42 Å². The van der Waals surface area contributed by atoms with Crippen molar-refractivity contribution in [3.63, 3.8) is 0 Å². The van der Waals surface area contributed by atoms with Gasteiger partial charge in [0, 0.05) is 11.1 Å². The largest absolute Gasteiger partial charge is 0.464 e. The van der Waals surface area contributed by atoms with Gasteiger partial charge in [-0.05, 0) is 30.3 Å². The summed E-state index contributed by atoms with van der Waals surface area (Å²) < 4.78 is 70.2. The highest BCUT2D eigenvalue weighted by Crippen LogP contribution is 2.32. The zero-order valence-corrected chi connectivity index (χ0v) is 16.0. The summed E-state index contributed by atoms with van der Waals surface area (Å²) in [6.07, 6.45) is -3.24. The summed E-state index contributed by atoms with van der Waals surface area (Å²) in [5, 5.41) is 3.42. The molecule has 30 heavy (non-hydrogen) atoms. The van der Waals surface area contributed by atoms with Gasteiger partial charge in [0.25, 0.3) is 10.0 Å². The molecular formula is C20H14F3N3O3S. The van der Waals surface area contributed by atoms with E-state index in [1.165, 1.54) is 30.5 Å². The van der Waals surface area contributed by atoms with E-state index in [1.54, 1.807) is 42.5 Å². The fourth-order valence-electron chi connectivity index (χ4n) is 2.81. The summed E-state index contributed by atoms with van der Waals surface area (Å²) in [6.45, 7) is 0. The molecule has 2 aromatic heterocycles. The van der Waals surface area contributed by atoms with Crippen LogP contribution in [0.25, 0.3) is 22.6 Å². The van der Waals surface area contributed by atoms with Gasteiger partial charge in [0.05, 0.1) is 16.9 Å². The Morgan fingerprint density at radius 3 is 2.17 bits per heavy atom. The molecule has 0 bridgehead atoms. The third-order valence-corrected chi connectivity index (χ3v) is 5.55. The molecule has 1 N–H and O–H groups in total. The minimum Gasteiger partial charge on any atom is -0.464 e. The van der Waals surface area contributed by atoms with E-state index in [1.807, 2.05) is 0 Å². The number of nitrogens with one attached hydrogen (secondary N) is 1. The standard InChI is InChI=1S/C20H14F3N3O3S/c21-20(22,23)19-13-17(14-8-10-15(11-9-14)18-7-4-12-29-18)26(24-19)25-30(27,28)16-5-2-1-3-6-16/h1-13,25H. The summed E-state index contributed by atoms with van der Waals surface area (Å²) in [5.74, 6) is 0.593. The van der Waals surface area contributed by atoms with Gasteiger partial charge >= 0.3 is 6.18 Å². The van der Waals surface area contributed by atoms with E-state index < -0.39 is 21.9 Å². The second-order valence-corrected chi connectivity index (χ2v) is 7.95. The van der Waals surface area contributed by atoms with Gasteiger partial charge in [0.1, 0.15) is 5.76 Å². The van der Waals surface area contributed by atoms with E-state index in [0.717, 1.165) is 11.6 Å². The number of sulfonamides is 1. The zero-order chi connectivity index (χ0) is 21.4. The van der Waals surface area contributed by atoms with E-state index in [4.69, 9.17) is 4.42 Å². The molecule has 0 aliphatic heterocycles. The number of alkyl halides is 3. The minimum atomic E-state index is -4.74. The molecule has 0 amide bonds. The lowest BCUT2D eigenvalue weighted by Crippen LogP contribution is -2.25. The summed E-state index contributed by atoms with van der Waals surface area (Å²) in [6, 6.07) is 18.0. The summed E-state index contributed by atoms with van der Waals surface area (Å²) >= 11 is 0. The lowest BCUT2D eigenvalue weighted by Gasteiger charge is -2.11. The third kappa shape index (κ3) is 3.94. The topological polar surface area (TPSA) is 77.1 Å². The molecule has 154 valence electrons. The first-order valence-corrected chi connectivity index (χ1v) is 10.1. The van der Waals surface area contributed by atoms with Crippen LogP contribution in [0.15, 0.2) is 88.4 Å². The fraction of sp³-hybridized carbons (Fsp3) is 0.0500. The van der Waals surface area contributed by atoms with Crippen LogP contribution in [-0.4, -0.2) is 18.3 Å². The Bertz CT molecular complexity index is 1250. The monoisotopic (exact) mass is 433 g/mol. The van der Waals surface area contributed by atoms with Crippen molar-refractivity contribution < 1.29 is 26.0 Å². The molecule has 0 unspecified atom stereocenters. The Hall–Kier alpha value is -3.53. The van der Waals surface area contributed by atoms with Crippen LogP contribution in [0.1, 0.15) is 5.69 Å². The molecule has 0 radical (unpaired) electrons.